The van der Waals surface area contributed by atoms with Crippen molar-refractivity contribution in [2.24, 2.45) is 0 Å². The third-order valence-corrected chi connectivity index (χ3v) is 2.30. The molecule has 0 aliphatic carbocycles. The number of aryl methyl sites for hydroxylation is 1. The van der Waals surface area contributed by atoms with Crippen molar-refractivity contribution in [3.63, 3.8) is 0 Å². The summed E-state index contributed by atoms with van der Waals surface area (Å²) in [5.41, 5.74) is 1.64. The fourth-order valence-electron chi connectivity index (χ4n) is 1.38. The van der Waals surface area contributed by atoms with Gasteiger partial charge < -0.3 is 10.1 Å². The highest BCUT2D eigenvalue weighted by Gasteiger charge is 2.05. The van der Waals surface area contributed by atoms with Crippen LogP contribution in [0, 0.1) is 0 Å². The average Bonchev–Trinajstić information content (AvgIpc) is 2.56. The minimum Gasteiger partial charge on any atom is -0.481 e. The van der Waals surface area contributed by atoms with Crippen molar-refractivity contribution in [3.8, 4) is 0 Å². The van der Waals surface area contributed by atoms with E-state index in [1.807, 2.05) is 0 Å². The fourth-order valence-corrected chi connectivity index (χ4v) is 1.55. The molecule has 0 fully saturated rings. The van der Waals surface area contributed by atoms with Gasteiger partial charge in [-0.3, -0.25) is 4.79 Å². The molecule has 1 aromatic carbocycles. The zero-order valence-corrected chi connectivity index (χ0v) is 9.81. The molecule has 0 radical (unpaired) electrons. The molecule has 0 atom stereocenters. The van der Waals surface area contributed by atoms with Gasteiger partial charge in [-0.15, -0.1) is 12.4 Å². The lowest BCUT2D eigenvalue weighted by Gasteiger charge is -1.90. The van der Waals surface area contributed by atoms with Gasteiger partial charge in [-0.1, -0.05) is 11.6 Å². The van der Waals surface area contributed by atoms with Gasteiger partial charge in [0.15, 0.2) is 0 Å². The Balaban J connectivity index is 0.00000128. The Kier molecular flexibility index (Phi) is 4.15. The smallest absolute Gasteiger partial charge is 0.303 e. The van der Waals surface area contributed by atoms with Crippen LogP contribution in [0.4, 0.5) is 0 Å². The highest BCUT2D eigenvalue weighted by Crippen LogP contribution is 2.17. The molecule has 0 aliphatic heterocycles. The summed E-state index contributed by atoms with van der Waals surface area (Å²) >= 11 is 5.81. The van der Waals surface area contributed by atoms with Crippen molar-refractivity contribution >= 4 is 41.0 Å². The first-order valence-electron chi connectivity index (χ1n) is 4.51. The molecule has 2 rings (SSSR count). The van der Waals surface area contributed by atoms with Crippen LogP contribution in [-0.4, -0.2) is 21.0 Å². The molecular formula is C10H10Cl2N2O2. The number of hydrogen-bond donors (Lipinski definition) is 2. The predicted octanol–water partition coefficient (Wildman–Crippen LogP) is 2.66. The monoisotopic (exact) mass is 260 g/mol. The summed E-state index contributed by atoms with van der Waals surface area (Å²) in [6, 6.07) is 5.33. The summed E-state index contributed by atoms with van der Waals surface area (Å²) in [7, 11) is 0. The predicted molar refractivity (Wildman–Crippen MR) is 64.3 cm³/mol. The Morgan fingerprint density at radius 3 is 2.94 bits per heavy atom. The van der Waals surface area contributed by atoms with Crippen molar-refractivity contribution in [2.75, 3.05) is 0 Å². The lowest BCUT2D eigenvalue weighted by atomic mass is 10.3. The molecule has 0 saturated carbocycles. The molecular weight excluding hydrogens is 251 g/mol. The third-order valence-electron chi connectivity index (χ3n) is 2.07. The Morgan fingerprint density at radius 1 is 1.50 bits per heavy atom. The van der Waals surface area contributed by atoms with Gasteiger partial charge in [0.1, 0.15) is 5.82 Å². The van der Waals surface area contributed by atoms with Crippen LogP contribution in [0.25, 0.3) is 11.0 Å². The maximum Gasteiger partial charge on any atom is 0.303 e. The molecule has 0 unspecified atom stereocenters. The van der Waals surface area contributed by atoms with Crippen molar-refractivity contribution in [2.45, 2.75) is 12.8 Å². The van der Waals surface area contributed by atoms with Gasteiger partial charge in [0.05, 0.1) is 17.5 Å². The molecule has 2 aromatic rings. The third kappa shape index (κ3) is 2.87. The maximum atomic E-state index is 10.4. The van der Waals surface area contributed by atoms with Crippen molar-refractivity contribution < 1.29 is 9.90 Å². The average molecular weight is 261 g/mol. The lowest BCUT2D eigenvalue weighted by Crippen LogP contribution is -1.98. The number of rotatable bonds is 3. The fraction of sp³-hybridized carbons (Fsp3) is 0.200. The first-order valence-corrected chi connectivity index (χ1v) is 4.89. The molecule has 16 heavy (non-hydrogen) atoms. The van der Waals surface area contributed by atoms with Crippen LogP contribution in [0.2, 0.25) is 5.02 Å². The van der Waals surface area contributed by atoms with Crippen LogP contribution in [0.5, 0.6) is 0 Å². The van der Waals surface area contributed by atoms with Gasteiger partial charge >= 0.3 is 5.97 Å². The molecule has 0 aliphatic rings. The SMILES string of the molecule is Cl.O=C(O)CCc1nc2ccc(Cl)cc2[nH]1. The number of carboxylic acid groups (broad SMARTS) is 1. The Labute approximate surface area is 103 Å². The van der Waals surface area contributed by atoms with Gasteiger partial charge in [-0.2, -0.15) is 0 Å². The van der Waals surface area contributed by atoms with E-state index in [0.29, 0.717) is 17.3 Å². The second-order valence-electron chi connectivity index (χ2n) is 3.24. The summed E-state index contributed by atoms with van der Waals surface area (Å²) in [6.45, 7) is 0. The first-order chi connectivity index (χ1) is 7.15. The Hall–Kier alpha value is -1.26. The first kappa shape index (κ1) is 12.8. The van der Waals surface area contributed by atoms with E-state index in [9.17, 15) is 4.79 Å². The van der Waals surface area contributed by atoms with Crippen LogP contribution in [0.1, 0.15) is 12.2 Å². The summed E-state index contributed by atoms with van der Waals surface area (Å²) in [5.74, 6) is -0.150. The number of halogens is 2. The highest BCUT2D eigenvalue weighted by molar-refractivity contribution is 6.31. The summed E-state index contributed by atoms with van der Waals surface area (Å²) in [5, 5.41) is 9.17. The van der Waals surface area contributed by atoms with Gasteiger partial charge in [-0.25, -0.2) is 4.98 Å². The van der Waals surface area contributed by atoms with E-state index in [1.54, 1.807) is 18.2 Å². The lowest BCUT2D eigenvalue weighted by molar-refractivity contribution is -0.137. The molecule has 0 saturated heterocycles. The number of aromatic nitrogens is 2. The van der Waals surface area contributed by atoms with E-state index in [1.165, 1.54) is 0 Å². The molecule has 86 valence electrons. The number of aliphatic carboxylic acids is 1. The van der Waals surface area contributed by atoms with Crippen molar-refractivity contribution in [3.05, 3.63) is 29.0 Å². The number of carbonyl (C=O) groups is 1. The van der Waals surface area contributed by atoms with Crippen LogP contribution in [0.15, 0.2) is 18.2 Å². The van der Waals surface area contributed by atoms with E-state index in [2.05, 4.69) is 9.97 Å². The number of H-pyrrole nitrogens is 1. The van der Waals surface area contributed by atoms with E-state index >= 15 is 0 Å². The maximum absolute atomic E-state index is 10.4. The second kappa shape index (κ2) is 5.18. The van der Waals surface area contributed by atoms with Crippen molar-refractivity contribution in [1.29, 1.82) is 0 Å². The van der Waals surface area contributed by atoms with Gasteiger partial charge in [0, 0.05) is 11.4 Å². The van der Waals surface area contributed by atoms with Gasteiger partial charge in [-0.05, 0) is 18.2 Å². The molecule has 6 heteroatoms. The molecule has 1 aromatic heterocycles. The number of nitrogens with zero attached hydrogens (tertiary/aromatic N) is 1. The van der Waals surface area contributed by atoms with E-state index < -0.39 is 5.97 Å². The summed E-state index contributed by atoms with van der Waals surface area (Å²) in [6.07, 6.45) is 0.481. The highest BCUT2D eigenvalue weighted by atomic mass is 35.5. The summed E-state index contributed by atoms with van der Waals surface area (Å²) < 4.78 is 0. The summed E-state index contributed by atoms with van der Waals surface area (Å²) in [4.78, 5) is 17.7. The number of hydrogen-bond acceptors (Lipinski definition) is 2. The molecule has 0 spiro atoms. The van der Waals surface area contributed by atoms with Gasteiger partial charge in [0.2, 0.25) is 0 Å². The van der Waals surface area contributed by atoms with Crippen molar-refractivity contribution in [1.82, 2.24) is 9.97 Å². The second-order valence-corrected chi connectivity index (χ2v) is 3.68. The number of nitrogens with one attached hydrogen (secondary N) is 1. The van der Waals surface area contributed by atoms with Crippen LogP contribution < -0.4 is 0 Å². The number of imidazole rings is 1. The number of benzene rings is 1. The molecule has 0 bridgehead atoms. The Morgan fingerprint density at radius 2 is 2.25 bits per heavy atom. The minimum absolute atomic E-state index is 0. The number of carboxylic acids is 1. The van der Waals surface area contributed by atoms with Crippen LogP contribution >= 0.6 is 24.0 Å². The normalized spacial score (nSPS) is 10.1. The molecule has 0 amide bonds. The van der Waals surface area contributed by atoms with Gasteiger partial charge in [0.25, 0.3) is 0 Å². The van der Waals surface area contributed by atoms with E-state index in [4.69, 9.17) is 16.7 Å². The van der Waals surface area contributed by atoms with E-state index in [-0.39, 0.29) is 18.8 Å². The standard InChI is InChI=1S/C10H9ClN2O2.ClH/c11-6-1-2-7-8(5-6)13-9(12-7)3-4-10(14)15;/h1-2,5H,3-4H2,(H,12,13)(H,14,15);1H. The number of fused-ring (bicyclic) bond motifs is 1. The molecule has 4 nitrogen and oxygen atoms in total. The van der Waals surface area contributed by atoms with Crippen LogP contribution in [0.3, 0.4) is 0 Å². The number of aromatic amines is 1. The molecule has 2 N–H and O–H groups in total. The topological polar surface area (TPSA) is 66.0 Å². The zero-order chi connectivity index (χ0) is 10.8. The molecule has 1 heterocycles. The van der Waals surface area contributed by atoms with Crippen LogP contribution in [-0.2, 0) is 11.2 Å². The zero-order valence-electron chi connectivity index (χ0n) is 8.24. The largest absolute Gasteiger partial charge is 0.481 e. The Bertz CT molecular complexity index is 510. The van der Waals surface area contributed by atoms with E-state index in [0.717, 1.165) is 11.0 Å². The quantitative estimate of drug-likeness (QED) is 0.892. The minimum atomic E-state index is -0.825.